The van der Waals surface area contributed by atoms with Gasteiger partial charge in [0.1, 0.15) is 6.20 Å². The molecule has 0 aliphatic rings. The molecule has 0 aliphatic heterocycles. The van der Waals surface area contributed by atoms with Crippen LogP contribution >= 0.6 is 0 Å². The first-order valence-electron chi connectivity index (χ1n) is 6.02. The van der Waals surface area contributed by atoms with Gasteiger partial charge in [0.25, 0.3) is 0 Å². The molecule has 0 spiro atoms. The quantitative estimate of drug-likeness (QED) is 0.571. The van der Waals surface area contributed by atoms with Crippen molar-refractivity contribution in [1.82, 2.24) is 14.5 Å². The molecule has 1 aromatic rings. The van der Waals surface area contributed by atoms with Gasteiger partial charge in [-0.15, -0.1) is 0 Å². The van der Waals surface area contributed by atoms with Gasteiger partial charge >= 0.3 is 5.82 Å². The van der Waals surface area contributed by atoms with E-state index in [1.165, 1.54) is 17.1 Å². The summed E-state index contributed by atoms with van der Waals surface area (Å²) in [7, 11) is 0. The van der Waals surface area contributed by atoms with E-state index >= 15 is 0 Å². The summed E-state index contributed by atoms with van der Waals surface area (Å²) in [5.74, 6) is -0.330. The topological polar surface area (TPSA) is 102 Å². The van der Waals surface area contributed by atoms with Gasteiger partial charge in [-0.1, -0.05) is 0 Å². The predicted octanol–water partition coefficient (Wildman–Crippen LogP) is 0.411. The molecule has 8 nitrogen and oxygen atoms in total. The van der Waals surface area contributed by atoms with Gasteiger partial charge < -0.3 is 24.7 Å². The molecule has 1 aromatic heterocycles. The van der Waals surface area contributed by atoms with E-state index in [1.54, 1.807) is 4.90 Å². The first kappa shape index (κ1) is 15.1. The highest BCUT2D eigenvalue weighted by Gasteiger charge is 2.17. The maximum absolute atomic E-state index is 11.9. The van der Waals surface area contributed by atoms with Gasteiger partial charge in [-0.3, -0.25) is 4.79 Å². The molecule has 0 saturated carbocycles. The number of hydrogen-bond donors (Lipinski definition) is 1. The second kappa shape index (κ2) is 6.83. The SMILES string of the molecule is CC(C)N(CCO)C(=O)CCn1cnc([N+](=O)[O-])c1. The number of nitro groups is 1. The predicted molar refractivity (Wildman–Crippen MR) is 67.4 cm³/mol. The van der Waals surface area contributed by atoms with Crippen molar-refractivity contribution in [3.63, 3.8) is 0 Å². The third-order valence-electron chi connectivity index (χ3n) is 2.68. The Balaban J connectivity index is 2.54. The Hall–Kier alpha value is -1.96. The summed E-state index contributed by atoms with van der Waals surface area (Å²) in [6, 6.07) is 0.0109. The Bertz CT molecular complexity index is 444. The fourth-order valence-corrected chi connectivity index (χ4v) is 1.71. The van der Waals surface area contributed by atoms with Crippen molar-refractivity contribution in [2.75, 3.05) is 13.2 Å². The van der Waals surface area contributed by atoms with Gasteiger partial charge in [0.15, 0.2) is 0 Å². The van der Waals surface area contributed by atoms with Crippen molar-refractivity contribution in [2.45, 2.75) is 32.9 Å². The summed E-state index contributed by atoms with van der Waals surface area (Å²) in [6.07, 6.45) is 2.84. The summed E-state index contributed by atoms with van der Waals surface area (Å²) < 4.78 is 1.51. The number of amides is 1. The van der Waals surface area contributed by atoms with Crippen LogP contribution in [0.1, 0.15) is 20.3 Å². The van der Waals surface area contributed by atoms with Gasteiger partial charge in [0.05, 0.1) is 6.61 Å². The van der Waals surface area contributed by atoms with Gasteiger partial charge in [0, 0.05) is 25.6 Å². The van der Waals surface area contributed by atoms with E-state index in [1.807, 2.05) is 13.8 Å². The molecule has 8 heteroatoms. The van der Waals surface area contributed by atoms with Crippen LogP contribution in [-0.4, -0.2) is 49.6 Å². The third kappa shape index (κ3) is 4.32. The number of carbonyl (C=O) groups is 1. The van der Waals surface area contributed by atoms with E-state index in [0.717, 1.165) is 0 Å². The van der Waals surface area contributed by atoms with Crippen molar-refractivity contribution in [3.8, 4) is 0 Å². The highest BCUT2D eigenvalue weighted by molar-refractivity contribution is 5.76. The average Bonchev–Trinajstić information content (AvgIpc) is 2.81. The Labute approximate surface area is 110 Å². The third-order valence-corrected chi connectivity index (χ3v) is 2.68. The van der Waals surface area contributed by atoms with E-state index in [0.29, 0.717) is 13.1 Å². The lowest BCUT2D eigenvalue weighted by Gasteiger charge is -2.25. The minimum atomic E-state index is -0.579. The zero-order chi connectivity index (χ0) is 14.4. The summed E-state index contributed by atoms with van der Waals surface area (Å²) >= 11 is 0. The number of imidazole rings is 1. The second-order valence-electron chi connectivity index (χ2n) is 4.38. The normalized spacial score (nSPS) is 10.7. The molecule has 0 aromatic carbocycles. The van der Waals surface area contributed by atoms with Crippen molar-refractivity contribution in [2.24, 2.45) is 0 Å². The first-order valence-corrected chi connectivity index (χ1v) is 6.02. The van der Waals surface area contributed by atoms with Crippen LogP contribution in [-0.2, 0) is 11.3 Å². The van der Waals surface area contributed by atoms with Crippen LogP contribution in [0.4, 0.5) is 5.82 Å². The highest BCUT2D eigenvalue weighted by Crippen LogP contribution is 2.08. The summed E-state index contributed by atoms with van der Waals surface area (Å²) in [4.78, 5) is 27.0. The monoisotopic (exact) mass is 270 g/mol. The Morgan fingerprint density at radius 1 is 1.63 bits per heavy atom. The van der Waals surface area contributed by atoms with E-state index in [-0.39, 0.29) is 30.8 Å². The van der Waals surface area contributed by atoms with E-state index in [9.17, 15) is 14.9 Å². The van der Waals surface area contributed by atoms with Gasteiger partial charge in [-0.25, -0.2) is 0 Å². The largest absolute Gasteiger partial charge is 0.395 e. The molecule has 0 radical (unpaired) electrons. The van der Waals surface area contributed by atoms with Crippen LogP contribution in [0.5, 0.6) is 0 Å². The van der Waals surface area contributed by atoms with Crippen LogP contribution in [0, 0.1) is 10.1 Å². The molecule has 1 N–H and O–H groups in total. The van der Waals surface area contributed by atoms with Gasteiger partial charge in [-0.05, 0) is 23.8 Å². The molecule has 0 atom stereocenters. The molecule has 0 fully saturated rings. The number of nitrogens with zero attached hydrogens (tertiary/aromatic N) is 4. The number of rotatable bonds is 7. The lowest BCUT2D eigenvalue weighted by atomic mass is 10.2. The molecule has 106 valence electrons. The van der Waals surface area contributed by atoms with Crippen molar-refractivity contribution in [1.29, 1.82) is 0 Å². The molecule has 0 bridgehead atoms. The highest BCUT2D eigenvalue weighted by atomic mass is 16.6. The van der Waals surface area contributed by atoms with Crippen LogP contribution in [0.3, 0.4) is 0 Å². The van der Waals surface area contributed by atoms with Crippen molar-refractivity contribution < 1.29 is 14.8 Å². The Morgan fingerprint density at radius 2 is 2.32 bits per heavy atom. The molecule has 0 saturated heterocycles. The van der Waals surface area contributed by atoms with Crippen molar-refractivity contribution in [3.05, 3.63) is 22.6 Å². The zero-order valence-corrected chi connectivity index (χ0v) is 11.0. The molecular weight excluding hydrogens is 252 g/mol. The van der Waals surface area contributed by atoms with Gasteiger partial charge in [0.2, 0.25) is 12.2 Å². The van der Waals surface area contributed by atoms with E-state index in [2.05, 4.69) is 4.98 Å². The molecular formula is C11H18N4O4. The van der Waals surface area contributed by atoms with Gasteiger partial charge in [-0.2, -0.15) is 0 Å². The van der Waals surface area contributed by atoms with Crippen molar-refractivity contribution >= 4 is 11.7 Å². The van der Waals surface area contributed by atoms with Crippen LogP contribution in [0.15, 0.2) is 12.5 Å². The lowest BCUT2D eigenvalue weighted by Crippen LogP contribution is -2.39. The number of aromatic nitrogens is 2. The smallest absolute Gasteiger partial charge is 0.381 e. The molecule has 1 amide bonds. The fraction of sp³-hybridized carbons (Fsp3) is 0.636. The molecule has 1 heterocycles. The minimum Gasteiger partial charge on any atom is -0.395 e. The summed E-state index contributed by atoms with van der Waals surface area (Å²) in [6.45, 7) is 4.28. The second-order valence-corrected chi connectivity index (χ2v) is 4.38. The number of hydrogen-bond acceptors (Lipinski definition) is 5. The van der Waals surface area contributed by atoms with E-state index < -0.39 is 4.92 Å². The maximum atomic E-state index is 11.9. The average molecular weight is 270 g/mol. The minimum absolute atomic E-state index is 0.0109. The number of aliphatic hydroxyl groups is 1. The number of aryl methyl sites for hydroxylation is 1. The first-order chi connectivity index (χ1) is 8.95. The molecule has 1 rings (SSSR count). The zero-order valence-electron chi connectivity index (χ0n) is 11.0. The summed E-state index contributed by atoms with van der Waals surface area (Å²) in [5.41, 5.74) is 0. The number of carbonyl (C=O) groups excluding carboxylic acids is 1. The lowest BCUT2D eigenvalue weighted by molar-refractivity contribution is -0.389. The van der Waals surface area contributed by atoms with E-state index in [4.69, 9.17) is 5.11 Å². The molecule has 19 heavy (non-hydrogen) atoms. The Kier molecular flexibility index (Phi) is 5.43. The molecule has 0 aliphatic carbocycles. The maximum Gasteiger partial charge on any atom is 0.381 e. The Morgan fingerprint density at radius 3 is 2.79 bits per heavy atom. The van der Waals surface area contributed by atoms with Crippen LogP contribution < -0.4 is 0 Å². The van der Waals surface area contributed by atoms with Crippen LogP contribution in [0.2, 0.25) is 0 Å². The fourth-order valence-electron chi connectivity index (χ4n) is 1.71. The van der Waals surface area contributed by atoms with Crippen LogP contribution in [0.25, 0.3) is 0 Å². The molecule has 0 unspecified atom stereocenters. The standard InChI is InChI=1S/C11H18N4O4/c1-9(2)14(5-6-16)11(17)3-4-13-7-10(12-8-13)15(18)19/h7-9,16H,3-6H2,1-2H3. The summed E-state index contributed by atoms with van der Waals surface area (Å²) in [5, 5.41) is 19.4. The number of aliphatic hydroxyl groups excluding tert-OH is 1.